The number of anilines is 1. The summed E-state index contributed by atoms with van der Waals surface area (Å²) in [6.07, 6.45) is 1.83. The van der Waals surface area contributed by atoms with E-state index in [4.69, 9.17) is 4.42 Å². The number of benzene rings is 2. The van der Waals surface area contributed by atoms with Crippen molar-refractivity contribution in [1.82, 2.24) is 9.88 Å². The summed E-state index contributed by atoms with van der Waals surface area (Å²) in [5.41, 5.74) is 3.02. The first kappa shape index (κ1) is 21.2. The van der Waals surface area contributed by atoms with Crippen molar-refractivity contribution >= 4 is 17.5 Å². The molecule has 0 saturated carbocycles. The van der Waals surface area contributed by atoms with E-state index in [1.165, 1.54) is 17.2 Å². The van der Waals surface area contributed by atoms with Crippen LogP contribution >= 0.6 is 0 Å². The van der Waals surface area contributed by atoms with Crippen molar-refractivity contribution in [2.45, 2.75) is 26.7 Å². The molecular weight excluding hydrogens is 385 g/mol. The highest BCUT2D eigenvalue weighted by Gasteiger charge is 2.16. The topological polar surface area (TPSA) is 75.4 Å². The summed E-state index contributed by atoms with van der Waals surface area (Å²) < 4.78 is 19.4. The van der Waals surface area contributed by atoms with Crippen LogP contribution in [0.5, 0.6) is 0 Å². The van der Waals surface area contributed by atoms with Gasteiger partial charge in [-0.05, 0) is 37.1 Å². The molecule has 2 amide bonds. The second-order valence-corrected chi connectivity index (χ2v) is 7.16. The first-order chi connectivity index (χ1) is 14.3. The van der Waals surface area contributed by atoms with E-state index in [9.17, 15) is 14.0 Å². The normalized spacial score (nSPS) is 10.7. The summed E-state index contributed by atoms with van der Waals surface area (Å²) in [5, 5.41) is 2.87. The fourth-order valence-corrected chi connectivity index (χ4v) is 3.11. The molecule has 0 fully saturated rings. The summed E-state index contributed by atoms with van der Waals surface area (Å²) in [5.74, 6) is -0.212. The van der Waals surface area contributed by atoms with Crippen LogP contribution in [0.1, 0.15) is 23.4 Å². The van der Waals surface area contributed by atoms with Crippen molar-refractivity contribution in [3.8, 4) is 11.3 Å². The lowest BCUT2D eigenvalue weighted by molar-refractivity contribution is -0.133. The van der Waals surface area contributed by atoms with Gasteiger partial charge in [-0.3, -0.25) is 9.59 Å². The van der Waals surface area contributed by atoms with Gasteiger partial charge in [0.15, 0.2) is 11.7 Å². The van der Waals surface area contributed by atoms with Gasteiger partial charge in [0.05, 0.1) is 18.3 Å². The van der Waals surface area contributed by atoms with E-state index >= 15 is 0 Å². The molecule has 2 aromatic carbocycles. The van der Waals surface area contributed by atoms with Gasteiger partial charge in [0.1, 0.15) is 5.82 Å². The second-order valence-electron chi connectivity index (χ2n) is 7.16. The Morgan fingerprint density at radius 2 is 1.80 bits per heavy atom. The van der Waals surface area contributed by atoms with Crippen molar-refractivity contribution in [2.24, 2.45) is 0 Å². The maximum atomic E-state index is 13.8. The number of hydrogen-bond donors (Lipinski definition) is 1. The van der Waals surface area contributed by atoms with E-state index in [2.05, 4.69) is 10.3 Å². The first-order valence-electron chi connectivity index (χ1n) is 9.65. The van der Waals surface area contributed by atoms with Crippen LogP contribution in [0.4, 0.5) is 10.1 Å². The van der Waals surface area contributed by atoms with E-state index in [1.54, 1.807) is 25.2 Å². The number of aromatic nitrogens is 1. The van der Waals surface area contributed by atoms with Gasteiger partial charge < -0.3 is 14.6 Å². The zero-order chi connectivity index (χ0) is 21.7. The monoisotopic (exact) mass is 409 g/mol. The lowest BCUT2D eigenvalue weighted by atomic mass is 10.1. The number of carbonyl (C=O) groups excluding carboxylic acids is 2. The van der Waals surface area contributed by atoms with Gasteiger partial charge in [0.25, 0.3) is 0 Å². The molecule has 0 atom stereocenters. The van der Waals surface area contributed by atoms with Gasteiger partial charge in [-0.25, -0.2) is 9.37 Å². The first-order valence-corrected chi connectivity index (χ1v) is 9.65. The number of hydrogen-bond acceptors (Lipinski definition) is 4. The molecule has 0 aliphatic rings. The molecule has 1 aromatic heterocycles. The van der Waals surface area contributed by atoms with Crippen LogP contribution in [0.25, 0.3) is 11.3 Å². The SMILES string of the molecule is Cc1cccc(C)c1NC(=O)CN(C)C(=O)CCc1ncc(-c2ccccc2F)o1. The molecule has 1 N–H and O–H groups in total. The van der Waals surface area contributed by atoms with Crippen LogP contribution in [-0.2, 0) is 16.0 Å². The average Bonchev–Trinajstić information content (AvgIpc) is 3.18. The Labute approximate surface area is 174 Å². The molecule has 0 unspecified atom stereocenters. The minimum absolute atomic E-state index is 0.0569. The number of amides is 2. The van der Waals surface area contributed by atoms with Crippen LogP contribution in [0.15, 0.2) is 53.1 Å². The van der Waals surface area contributed by atoms with Crippen molar-refractivity contribution in [3.63, 3.8) is 0 Å². The van der Waals surface area contributed by atoms with Crippen LogP contribution in [0.3, 0.4) is 0 Å². The molecule has 3 aromatic rings. The quantitative estimate of drug-likeness (QED) is 0.637. The minimum Gasteiger partial charge on any atom is -0.441 e. The fourth-order valence-electron chi connectivity index (χ4n) is 3.11. The number of carbonyl (C=O) groups is 2. The van der Waals surface area contributed by atoms with Gasteiger partial charge in [-0.2, -0.15) is 0 Å². The van der Waals surface area contributed by atoms with Crippen molar-refractivity contribution in [3.05, 3.63) is 71.5 Å². The standard InChI is InChI=1S/C23H24FN3O3/c1-15-7-6-8-16(2)23(15)26-20(28)14-27(3)22(29)12-11-21-25-13-19(30-21)17-9-4-5-10-18(17)24/h4-10,13H,11-12,14H2,1-3H3,(H,26,28). The van der Waals surface area contributed by atoms with Gasteiger partial charge in [0, 0.05) is 25.6 Å². The highest BCUT2D eigenvalue weighted by molar-refractivity contribution is 5.95. The van der Waals surface area contributed by atoms with E-state index in [0.29, 0.717) is 17.2 Å². The molecule has 0 aliphatic carbocycles. The lowest BCUT2D eigenvalue weighted by Gasteiger charge is -2.18. The number of para-hydroxylation sites is 1. The Morgan fingerprint density at radius 3 is 2.50 bits per heavy atom. The number of halogens is 1. The molecule has 156 valence electrons. The third kappa shape index (κ3) is 5.11. The summed E-state index contributed by atoms with van der Waals surface area (Å²) >= 11 is 0. The molecule has 6 nitrogen and oxygen atoms in total. The predicted octanol–water partition coefficient (Wildman–Crippen LogP) is 4.13. The Hall–Kier alpha value is -3.48. The molecular formula is C23H24FN3O3. The van der Waals surface area contributed by atoms with Crippen LogP contribution in [0.2, 0.25) is 0 Å². The molecule has 3 rings (SSSR count). The number of nitrogens with zero attached hydrogens (tertiary/aromatic N) is 2. The Balaban J connectivity index is 1.52. The van der Waals surface area contributed by atoms with Crippen molar-refractivity contribution in [1.29, 1.82) is 0 Å². The van der Waals surface area contributed by atoms with Crippen LogP contribution in [-0.4, -0.2) is 35.3 Å². The summed E-state index contributed by atoms with van der Waals surface area (Å²) in [6, 6.07) is 12.0. The lowest BCUT2D eigenvalue weighted by Crippen LogP contribution is -2.35. The number of likely N-dealkylation sites (N-methyl/N-ethyl adjacent to an activating group) is 1. The summed E-state index contributed by atoms with van der Waals surface area (Å²) in [6.45, 7) is 3.78. The third-order valence-corrected chi connectivity index (χ3v) is 4.80. The summed E-state index contributed by atoms with van der Waals surface area (Å²) in [7, 11) is 1.58. The second kappa shape index (κ2) is 9.35. The van der Waals surface area contributed by atoms with Gasteiger partial charge >= 0.3 is 0 Å². The maximum Gasteiger partial charge on any atom is 0.243 e. The van der Waals surface area contributed by atoms with E-state index in [0.717, 1.165) is 16.8 Å². The summed E-state index contributed by atoms with van der Waals surface area (Å²) in [4.78, 5) is 30.2. The molecule has 0 bridgehead atoms. The molecule has 0 saturated heterocycles. The molecule has 30 heavy (non-hydrogen) atoms. The number of oxazole rings is 1. The predicted molar refractivity (Wildman–Crippen MR) is 112 cm³/mol. The Bertz CT molecular complexity index is 1040. The largest absolute Gasteiger partial charge is 0.441 e. The van der Waals surface area contributed by atoms with Crippen LogP contribution in [0, 0.1) is 19.7 Å². The van der Waals surface area contributed by atoms with Gasteiger partial charge in [-0.1, -0.05) is 30.3 Å². The number of rotatable bonds is 7. The molecule has 0 aliphatic heterocycles. The van der Waals surface area contributed by atoms with E-state index in [1.807, 2.05) is 32.0 Å². The molecule has 0 radical (unpaired) electrons. The maximum absolute atomic E-state index is 13.8. The molecule has 1 heterocycles. The third-order valence-electron chi connectivity index (χ3n) is 4.80. The van der Waals surface area contributed by atoms with Gasteiger partial charge in [-0.15, -0.1) is 0 Å². The minimum atomic E-state index is -0.397. The van der Waals surface area contributed by atoms with Gasteiger partial charge in [0.2, 0.25) is 11.8 Å². The Morgan fingerprint density at radius 1 is 1.10 bits per heavy atom. The fraction of sp³-hybridized carbons (Fsp3) is 0.261. The van der Waals surface area contributed by atoms with E-state index < -0.39 is 5.82 Å². The smallest absolute Gasteiger partial charge is 0.243 e. The average molecular weight is 409 g/mol. The van der Waals surface area contributed by atoms with Crippen molar-refractivity contribution < 1.29 is 18.4 Å². The molecule has 0 spiro atoms. The number of aryl methyl sites for hydroxylation is 3. The Kier molecular flexibility index (Phi) is 6.61. The highest BCUT2D eigenvalue weighted by Crippen LogP contribution is 2.23. The number of nitrogens with one attached hydrogen (secondary N) is 1. The van der Waals surface area contributed by atoms with Crippen LogP contribution < -0.4 is 5.32 Å². The van der Waals surface area contributed by atoms with Crippen molar-refractivity contribution in [2.75, 3.05) is 18.9 Å². The zero-order valence-electron chi connectivity index (χ0n) is 17.2. The zero-order valence-corrected chi connectivity index (χ0v) is 17.2. The molecule has 7 heteroatoms. The highest BCUT2D eigenvalue weighted by atomic mass is 19.1. The van der Waals surface area contributed by atoms with E-state index in [-0.39, 0.29) is 31.2 Å².